The van der Waals surface area contributed by atoms with Crippen molar-refractivity contribution in [3.63, 3.8) is 0 Å². The van der Waals surface area contributed by atoms with Crippen LogP contribution in [-0.4, -0.2) is 39.7 Å². The minimum Gasteiger partial charge on any atom is -0.466 e. The van der Waals surface area contributed by atoms with Crippen molar-refractivity contribution in [1.29, 1.82) is 0 Å². The van der Waals surface area contributed by atoms with E-state index in [1.54, 1.807) is 6.92 Å². The van der Waals surface area contributed by atoms with Crippen LogP contribution in [-0.2, 0) is 16.0 Å². The second-order valence-electron chi connectivity index (χ2n) is 2.75. The Morgan fingerprint density at radius 2 is 2.33 bits per heavy atom. The molecule has 0 aliphatic carbocycles. The quantitative estimate of drug-likeness (QED) is 0.452. The fraction of sp³-hybridized carbons (Fsp3) is 0.375. The van der Waals surface area contributed by atoms with Crippen LogP contribution in [0.1, 0.15) is 12.7 Å². The number of hydrogen-bond donors (Lipinski definition) is 2. The predicted octanol–water partition coefficient (Wildman–Crippen LogP) is -1.74. The minimum atomic E-state index is -1.66. The predicted molar refractivity (Wildman–Crippen MR) is 52.2 cm³/mol. The van der Waals surface area contributed by atoms with Gasteiger partial charge in [0.05, 0.1) is 12.2 Å². The minimum absolute atomic E-state index is 0.0595. The van der Waals surface area contributed by atoms with Gasteiger partial charge in [0.25, 0.3) is 0 Å². The fourth-order valence-corrected chi connectivity index (χ4v) is 0.985. The van der Waals surface area contributed by atoms with Crippen molar-refractivity contribution in [2.45, 2.75) is 13.3 Å². The smallest absolute Gasteiger partial charge is 0.466 e. The average Bonchev–Trinajstić information content (AvgIpc) is 2.18. The summed E-state index contributed by atoms with van der Waals surface area (Å²) in [5.74, 6) is -0.235. The van der Waals surface area contributed by atoms with E-state index in [9.17, 15) is 4.79 Å². The van der Waals surface area contributed by atoms with E-state index < -0.39 is 13.1 Å². The van der Waals surface area contributed by atoms with Crippen LogP contribution in [0.5, 0.6) is 0 Å². The van der Waals surface area contributed by atoms with Gasteiger partial charge in [-0.15, -0.1) is 0 Å². The third-order valence-electron chi connectivity index (χ3n) is 1.60. The first kappa shape index (κ1) is 11.6. The van der Waals surface area contributed by atoms with Crippen LogP contribution in [0.2, 0.25) is 0 Å². The Hall–Kier alpha value is -1.47. The lowest BCUT2D eigenvalue weighted by atomic mass is 9.86. The molecule has 0 fully saturated rings. The van der Waals surface area contributed by atoms with E-state index in [0.717, 1.165) is 0 Å². The molecule has 0 aromatic carbocycles. The number of aromatic nitrogens is 2. The Labute approximate surface area is 87.1 Å². The summed E-state index contributed by atoms with van der Waals surface area (Å²) in [5.41, 5.74) is 0.0595. The van der Waals surface area contributed by atoms with Gasteiger partial charge in [0.15, 0.2) is 0 Å². The fourth-order valence-electron chi connectivity index (χ4n) is 0.985. The van der Waals surface area contributed by atoms with Gasteiger partial charge in [-0.05, 0) is 13.0 Å². The molecule has 0 amide bonds. The summed E-state index contributed by atoms with van der Waals surface area (Å²) in [4.78, 5) is 18.7. The van der Waals surface area contributed by atoms with Crippen molar-refractivity contribution >= 4 is 18.7 Å². The van der Waals surface area contributed by atoms with Crippen molar-refractivity contribution in [3.05, 3.63) is 18.1 Å². The SMILES string of the molecule is CCOC(=O)Cc1nccc(B(O)O)n1. The Morgan fingerprint density at radius 1 is 1.60 bits per heavy atom. The van der Waals surface area contributed by atoms with Gasteiger partial charge in [-0.25, -0.2) is 9.97 Å². The van der Waals surface area contributed by atoms with Crippen LogP contribution >= 0.6 is 0 Å². The second-order valence-corrected chi connectivity index (χ2v) is 2.75. The van der Waals surface area contributed by atoms with Crippen molar-refractivity contribution in [1.82, 2.24) is 9.97 Å². The number of hydrogen-bond acceptors (Lipinski definition) is 6. The lowest BCUT2D eigenvalue weighted by Gasteiger charge is -2.02. The molecule has 6 nitrogen and oxygen atoms in total. The molecular weight excluding hydrogens is 199 g/mol. The molecule has 0 unspecified atom stereocenters. The molecule has 7 heteroatoms. The summed E-state index contributed by atoms with van der Waals surface area (Å²) < 4.78 is 4.70. The Kier molecular flexibility index (Phi) is 4.20. The van der Waals surface area contributed by atoms with Gasteiger partial charge in [0, 0.05) is 6.20 Å². The van der Waals surface area contributed by atoms with Crippen LogP contribution < -0.4 is 5.59 Å². The lowest BCUT2D eigenvalue weighted by Crippen LogP contribution is -2.33. The normalized spacial score (nSPS) is 9.80. The van der Waals surface area contributed by atoms with Crippen LogP contribution in [0, 0.1) is 0 Å². The van der Waals surface area contributed by atoms with Gasteiger partial charge in [0.2, 0.25) is 0 Å². The van der Waals surface area contributed by atoms with Gasteiger partial charge in [0.1, 0.15) is 12.2 Å². The number of carbonyl (C=O) groups excluding carboxylic acids is 1. The van der Waals surface area contributed by atoms with Gasteiger partial charge in [-0.1, -0.05) is 0 Å². The van der Waals surface area contributed by atoms with E-state index in [1.807, 2.05) is 0 Å². The lowest BCUT2D eigenvalue weighted by molar-refractivity contribution is -0.142. The highest BCUT2D eigenvalue weighted by atomic mass is 16.5. The molecule has 1 aromatic heterocycles. The largest absolute Gasteiger partial charge is 0.508 e. The third-order valence-corrected chi connectivity index (χ3v) is 1.60. The maximum absolute atomic E-state index is 11.1. The van der Waals surface area contributed by atoms with Crippen molar-refractivity contribution in [3.8, 4) is 0 Å². The molecule has 2 N–H and O–H groups in total. The topological polar surface area (TPSA) is 92.5 Å². The zero-order chi connectivity index (χ0) is 11.3. The summed E-state index contributed by atoms with van der Waals surface area (Å²) in [6.45, 7) is 1.99. The highest BCUT2D eigenvalue weighted by molar-refractivity contribution is 6.57. The van der Waals surface area contributed by atoms with E-state index >= 15 is 0 Å². The van der Waals surface area contributed by atoms with Gasteiger partial charge < -0.3 is 14.8 Å². The summed E-state index contributed by atoms with van der Waals surface area (Å²) in [5, 5.41) is 17.7. The van der Waals surface area contributed by atoms with E-state index in [0.29, 0.717) is 6.61 Å². The molecule has 0 radical (unpaired) electrons. The monoisotopic (exact) mass is 210 g/mol. The summed E-state index contributed by atoms with van der Waals surface area (Å²) in [6.07, 6.45) is 1.28. The average molecular weight is 210 g/mol. The first-order valence-corrected chi connectivity index (χ1v) is 4.47. The zero-order valence-electron chi connectivity index (χ0n) is 8.25. The molecular formula is C8H11BN2O4. The second kappa shape index (κ2) is 5.42. The number of rotatable bonds is 4. The molecule has 15 heavy (non-hydrogen) atoms. The van der Waals surface area contributed by atoms with Gasteiger partial charge >= 0.3 is 13.1 Å². The van der Waals surface area contributed by atoms with Crippen LogP contribution in [0.15, 0.2) is 12.3 Å². The molecule has 1 heterocycles. The molecule has 0 bridgehead atoms. The summed E-state index contributed by atoms with van der Waals surface area (Å²) >= 11 is 0. The molecule has 0 saturated heterocycles. The standard InChI is InChI=1S/C8H11BN2O4/c1-2-15-8(12)5-7-10-4-3-6(11-7)9(13)14/h3-4,13-14H,2,5H2,1H3. The molecule has 0 aliphatic rings. The van der Waals surface area contributed by atoms with Gasteiger partial charge in [-0.2, -0.15) is 0 Å². The summed E-state index contributed by atoms with van der Waals surface area (Å²) in [7, 11) is -1.66. The Bertz CT molecular complexity index is 345. The Balaban J connectivity index is 2.69. The molecule has 0 saturated carbocycles. The van der Waals surface area contributed by atoms with Crippen molar-refractivity contribution < 1.29 is 19.6 Å². The number of esters is 1. The van der Waals surface area contributed by atoms with Crippen LogP contribution in [0.4, 0.5) is 0 Å². The zero-order valence-corrected chi connectivity index (χ0v) is 8.25. The van der Waals surface area contributed by atoms with E-state index in [4.69, 9.17) is 14.8 Å². The molecule has 0 aliphatic heterocycles. The summed E-state index contributed by atoms with van der Waals surface area (Å²) in [6, 6.07) is 1.36. The van der Waals surface area contributed by atoms with Crippen molar-refractivity contribution in [2.24, 2.45) is 0 Å². The first-order valence-electron chi connectivity index (χ1n) is 4.47. The van der Waals surface area contributed by atoms with E-state index in [2.05, 4.69) is 9.97 Å². The maximum Gasteiger partial charge on any atom is 0.508 e. The maximum atomic E-state index is 11.1. The van der Waals surface area contributed by atoms with E-state index in [-0.39, 0.29) is 17.8 Å². The highest BCUT2D eigenvalue weighted by Gasteiger charge is 2.14. The molecule has 80 valence electrons. The molecule has 1 aromatic rings. The number of carbonyl (C=O) groups is 1. The van der Waals surface area contributed by atoms with Crippen molar-refractivity contribution in [2.75, 3.05) is 6.61 Å². The molecule has 0 atom stereocenters. The first-order chi connectivity index (χ1) is 7.13. The van der Waals surface area contributed by atoms with Crippen LogP contribution in [0.3, 0.4) is 0 Å². The van der Waals surface area contributed by atoms with Gasteiger partial charge in [-0.3, -0.25) is 4.79 Å². The Morgan fingerprint density at radius 3 is 2.93 bits per heavy atom. The number of nitrogens with zero attached hydrogens (tertiary/aromatic N) is 2. The molecule has 0 spiro atoms. The molecule has 1 rings (SSSR count). The van der Waals surface area contributed by atoms with E-state index in [1.165, 1.54) is 12.3 Å². The number of ether oxygens (including phenoxy) is 1. The van der Waals surface area contributed by atoms with Crippen LogP contribution in [0.25, 0.3) is 0 Å². The highest BCUT2D eigenvalue weighted by Crippen LogP contribution is 1.91. The third kappa shape index (κ3) is 3.65.